The van der Waals surface area contributed by atoms with E-state index in [4.69, 9.17) is 0 Å². The van der Waals surface area contributed by atoms with Crippen LogP contribution in [-0.4, -0.2) is 16.0 Å². The molecule has 4 nitrogen and oxygen atoms in total. The fourth-order valence-corrected chi connectivity index (χ4v) is 1.88. The molecule has 0 saturated carbocycles. The topological polar surface area (TPSA) is 51.1 Å². The number of nitrogens with one attached hydrogen (secondary N) is 1. The Balaban J connectivity index is 2.43. The van der Waals surface area contributed by atoms with E-state index in [1.54, 1.807) is 12.3 Å². The maximum absolute atomic E-state index is 12.9. The van der Waals surface area contributed by atoms with Gasteiger partial charge in [0.25, 0.3) is 11.5 Å². The summed E-state index contributed by atoms with van der Waals surface area (Å²) in [6.07, 6.45) is 1.55. The van der Waals surface area contributed by atoms with Crippen molar-refractivity contribution in [3.05, 3.63) is 64.3 Å². The van der Waals surface area contributed by atoms with Crippen LogP contribution in [0.15, 0.2) is 47.4 Å². The molecule has 0 spiro atoms. The second-order valence-electron chi connectivity index (χ2n) is 5.78. The number of hydrogen-bond acceptors (Lipinski definition) is 2. The molecule has 0 aliphatic heterocycles. The number of rotatable bonds is 2. The molecule has 2 rings (SSSR count). The first-order chi connectivity index (χ1) is 9.78. The highest BCUT2D eigenvalue weighted by molar-refractivity contribution is 5.94. The van der Waals surface area contributed by atoms with Crippen molar-refractivity contribution in [2.24, 2.45) is 0 Å². The molecule has 0 saturated heterocycles. The molecule has 1 N–H and O–H groups in total. The van der Waals surface area contributed by atoms with Gasteiger partial charge in [-0.1, -0.05) is 0 Å². The molecule has 0 radical (unpaired) electrons. The standard InChI is InChI=1S/C16H17FN2O2/c1-16(2,3)18-14(20)13-5-4-10-19(15(13)21)12-8-6-11(17)7-9-12/h4-10H,1-3H3,(H,18,20). The third-order valence-electron chi connectivity index (χ3n) is 2.79. The van der Waals surface area contributed by atoms with E-state index in [-0.39, 0.29) is 11.4 Å². The van der Waals surface area contributed by atoms with Gasteiger partial charge in [0.05, 0.1) is 0 Å². The summed E-state index contributed by atoms with van der Waals surface area (Å²) in [5, 5.41) is 2.75. The van der Waals surface area contributed by atoms with Crippen molar-refractivity contribution in [1.29, 1.82) is 0 Å². The van der Waals surface area contributed by atoms with Crippen LogP contribution in [0, 0.1) is 5.82 Å². The van der Waals surface area contributed by atoms with Crippen LogP contribution in [0.3, 0.4) is 0 Å². The molecule has 110 valence electrons. The van der Waals surface area contributed by atoms with Crippen LogP contribution in [0.1, 0.15) is 31.1 Å². The smallest absolute Gasteiger partial charge is 0.267 e. The van der Waals surface area contributed by atoms with Gasteiger partial charge in [0.1, 0.15) is 11.4 Å². The zero-order valence-electron chi connectivity index (χ0n) is 12.2. The summed E-state index contributed by atoms with van der Waals surface area (Å²) < 4.78 is 14.3. The number of halogens is 1. The molecule has 0 unspecified atom stereocenters. The fourth-order valence-electron chi connectivity index (χ4n) is 1.88. The van der Waals surface area contributed by atoms with Crippen molar-refractivity contribution >= 4 is 5.91 Å². The molecular formula is C16H17FN2O2. The van der Waals surface area contributed by atoms with Crippen LogP contribution < -0.4 is 10.9 Å². The van der Waals surface area contributed by atoms with E-state index in [2.05, 4.69) is 5.32 Å². The first-order valence-corrected chi connectivity index (χ1v) is 6.58. The number of aromatic nitrogens is 1. The van der Waals surface area contributed by atoms with E-state index in [0.29, 0.717) is 5.69 Å². The summed E-state index contributed by atoms with van der Waals surface area (Å²) >= 11 is 0. The van der Waals surface area contributed by atoms with Gasteiger partial charge in [-0.15, -0.1) is 0 Å². The van der Waals surface area contributed by atoms with Gasteiger partial charge >= 0.3 is 0 Å². The van der Waals surface area contributed by atoms with E-state index >= 15 is 0 Å². The van der Waals surface area contributed by atoms with Crippen LogP contribution in [0.5, 0.6) is 0 Å². The van der Waals surface area contributed by atoms with Crippen molar-refractivity contribution in [3.8, 4) is 5.69 Å². The Kier molecular flexibility index (Phi) is 3.93. The Morgan fingerprint density at radius 3 is 2.33 bits per heavy atom. The molecule has 1 amide bonds. The lowest BCUT2D eigenvalue weighted by molar-refractivity contribution is 0.0917. The van der Waals surface area contributed by atoms with Crippen LogP contribution >= 0.6 is 0 Å². The Morgan fingerprint density at radius 1 is 1.14 bits per heavy atom. The second kappa shape index (κ2) is 5.52. The summed E-state index contributed by atoms with van der Waals surface area (Å²) in [5.41, 5.74) is -0.311. The number of nitrogens with zero attached hydrogens (tertiary/aromatic N) is 1. The number of carbonyl (C=O) groups is 1. The lowest BCUT2D eigenvalue weighted by Gasteiger charge is -2.20. The second-order valence-corrected chi connectivity index (χ2v) is 5.78. The van der Waals surface area contributed by atoms with E-state index in [0.717, 1.165) is 0 Å². The molecule has 0 aliphatic carbocycles. The number of hydrogen-bond donors (Lipinski definition) is 1. The van der Waals surface area contributed by atoms with E-state index in [1.165, 1.54) is 34.9 Å². The van der Waals surface area contributed by atoms with Gasteiger partial charge in [0.15, 0.2) is 0 Å². The maximum Gasteiger partial charge on any atom is 0.267 e. The molecular weight excluding hydrogens is 271 g/mol. The molecule has 0 aliphatic rings. The van der Waals surface area contributed by atoms with E-state index in [1.807, 2.05) is 20.8 Å². The lowest BCUT2D eigenvalue weighted by Crippen LogP contribution is -2.43. The Morgan fingerprint density at radius 2 is 1.76 bits per heavy atom. The highest BCUT2D eigenvalue weighted by Gasteiger charge is 2.18. The first-order valence-electron chi connectivity index (χ1n) is 6.58. The first kappa shape index (κ1) is 15.0. The number of carbonyl (C=O) groups excluding carboxylic acids is 1. The average molecular weight is 288 g/mol. The van der Waals surface area contributed by atoms with Crippen molar-refractivity contribution in [1.82, 2.24) is 9.88 Å². The van der Waals surface area contributed by atoms with E-state index < -0.39 is 17.0 Å². The number of benzene rings is 1. The Hall–Kier alpha value is -2.43. The van der Waals surface area contributed by atoms with Gasteiger partial charge in [0.2, 0.25) is 0 Å². The normalized spacial score (nSPS) is 11.2. The SMILES string of the molecule is CC(C)(C)NC(=O)c1cccn(-c2ccc(F)cc2)c1=O. The van der Waals surface area contributed by atoms with Gasteiger partial charge in [-0.2, -0.15) is 0 Å². The number of amides is 1. The molecule has 1 heterocycles. The van der Waals surface area contributed by atoms with Gasteiger partial charge < -0.3 is 5.32 Å². The third kappa shape index (κ3) is 3.56. The van der Waals surface area contributed by atoms with Crippen LogP contribution in [0.4, 0.5) is 4.39 Å². The lowest BCUT2D eigenvalue weighted by atomic mass is 10.1. The van der Waals surface area contributed by atoms with Crippen LogP contribution in [0.2, 0.25) is 0 Å². The Labute approximate surface area is 122 Å². The maximum atomic E-state index is 12.9. The van der Waals surface area contributed by atoms with Gasteiger partial charge in [-0.25, -0.2) is 4.39 Å². The van der Waals surface area contributed by atoms with Gasteiger partial charge in [0, 0.05) is 17.4 Å². The average Bonchev–Trinajstić information content (AvgIpc) is 2.38. The summed E-state index contributed by atoms with van der Waals surface area (Å²) in [6.45, 7) is 5.52. The summed E-state index contributed by atoms with van der Waals surface area (Å²) in [5.74, 6) is -0.808. The molecule has 5 heteroatoms. The van der Waals surface area contributed by atoms with Crippen molar-refractivity contribution in [2.45, 2.75) is 26.3 Å². The molecule has 1 aromatic carbocycles. The minimum Gasteiger partial charge on any atom is -0.347 e. The van der Waals surface area contributed by atoms with Crippen LogP contribution in [-0.2, 0) is 0 Å². The van der Waals surface area contributed by atoms with Crippen molar-refractivity contribution in [3.63, 3.8) is 0 Å². The van der Waals surface area contributed by atoms with Crippen LogP contribution in [0.25, 0.3) is 5.69 Å². The predicted octanol–water partition coefficient (Wildman–Crippen LogP) is 2.50. The fraction of sp³-hybridized carbons (Fsp3) is 0.250. The molecule has 1 aromatic heterocycles. The highest BCUT2D eigenvalue weighted by atomic mass is 19.1. The zero-order chi connectivity index (χ0) is 15.6. The minimum atomic E-state index is -0.439. The summed E-state index contributed by atoms with van der Waals surface area (Å²) in [6, 6.07) is 8.60. The molecule has 0 bridgehead atoms. The quantitative estimate of drug-likeness (QED) is 0.923. The highest BCUT2D eigenvalue weighted by Crippen LogP contribution is 2.08. The third-order valence-corrected chi connectivity index (χ3v) is 2.79. The zero-order valence-corrected chi connectivity index (χ0v) is 12.2. The largest absolute Gasteiger partial charge is 0.347 e. The monoisotopic (exact) mass is 288 g/mol. The number of pyridine rings is 1. The molecule has 0 fully saturated rings. The molecule has 21 heavy (non-hydrogen) atoms. The summed E-state index contributed by atoms with van der Waals surface area (Å²) in [7, 11) is 0. The summed E-state index contributed by atoms with van der Waals surface area (Å²) in [4.78, 5) is 24.5. The van der Waals surface area contributed by atoms with Gasteiger partial charge in [-0.05, 0) is 57.2 Å². The predicted molar refractivity (Wildman–Crippen MR) is 79.2 cm³/mol. The van der Waals surface area contributed by atoms with E-state index in [9.17, 15) is 14.0 Å². The molecule has 0 atom stereocenters. The Bertz CT molecular complexity index is 712. The van der Waals surface area contributed by atoms with Crippen molar-refractivity contribution in [2.75, 3.05) is 0 Å². The minimum absolute atomic E-state index is 0.0525. The molecule has 2 aromatic rings. The van der Waals surface area contributed by atoms with Gasteiger partial charge in [-0.3, -0.25) is 14.2 Å². The van der Waals surface area contributed by atoms with Crippen molar-refractivity contribution < 1.29 is 9.18 Å².